The van der Waals surface area contributed by atoms with Crippen LogP contribution in [0.2, 0.25) is 0 Å². The summed E-state index contributed by atoms with van der Waals surface area (Å²) < 4.78 is 19.2. The quantitative estimate of drug-likeness (QED) is 0.415. The van der Waals surface area contributed by atoms with Gasteiger partial charge in [0.25, 0.3) is 0 Å². The molecular formula is C24H17FN4O2. The van der Waals surface area contributed by atoms with E-state index in [0.717, 1.165) is 22.3 Å². The Morgan fingerprint density at radius 3 is 2.77 bits per heavy atom. The summed E-state index contributed by atoms with van der Waals surface area (Å²) in [5, 5.41) is 10.00. The first-order valence-electron chi connectivity index (χ1n) is 9.70. The molecule has 0 unspecified atom stereocenters. The third-order valence-electron chi connectivity index (χ3n) is 4.85. The Morgan fingerprint density at radius 2 is 1.90 bits per heavy atom. The molecule has 5 aromatic rings. The Hall–Kier alpha value is -4.26. The van der Waals surface area contributed by atoms with Crippen LogP contribution in [-0.2, 0) is 11.2 Å². The van der Waals surface area contributed by atoms with Crippen LogP contribution in [0.5, 0.6) is 0 Å². The van der Waals surface area contributed by atoms with Crippen LogP contribution in [0.15, 0.2) is 83.4 Å². The Kier molecular flexibility index (Phi) is 4.76. The van der Waals surface area contributed by atoms with Crippen LogP contribution in [0.1, 0.15) is 5.56 Å². The molecule has 0 bridgehead atoms. The van der Waals surface area contributed by atoms with Crippen molar-refractivity contribution in [3.8, 4) is 22.7 Å². The minimum Gasteiger partial charge on any atom is -0.436 e. The largest absolute Gasteiger partial charge is 0.436 e. The maximum atomic E-state index is 13.3. The van der Waals surface area contributed by atoms with Gasteiger partial charge in [-0.3, -0.25) is 9.89 Å². The van der Waals surface area contributed by atoms with Crippen molar-refractivity contribution >= 4 is 22.7 Å². The second-order valence-electron chi connectivity index (χ2n) is 7.08. The van der Waals surface area contributed by atoms with Crippen molar-refractivity contribution in [3.63, 3.8) is 0 Å². The average molecular weight is 412 g/mol. The molecule has 152 valence electrons. The topological polar surface area (TPSA) is 83.8 Å². The predicted octanol–water partition coefficient (Wildman–Crippen LogP) is 5.21. The molecule has 6 nitrogen and oxygen atoms in total. The number of benzene rings is 3. The van der Waals surface area contributed by atoms with E-state index in [9.17, 15) is 9.18 Å². The fourth-order valence-corrected chi connectivity index (χ4v) is 3.45. The first-order chi connectivity index (χ1) is 15.2. The predicted molar refractivity (Wildman–Crippen MR) is 116 cm³/mol. The number of rotatable bonds is 5. The van der Waals surface area contributed by atoms with E-state index in [1.807, 2.05) is 42.5 Å². The van der Waals surface area contributed by atoms with Crippen LogP contribution in [-0.4, -0.2) is 21.1 Å². The number of anilines is 1. The SMILES string of the molecule is O=C(Cc1cccc(F)c1)Nc1cccc(-c2[nH]ncc2-c2nc3ccccc3o2)c1. The molecule has 0 aliphatic heterocycles. The van der Waals surface area contributed by atoms with E-state index in [4.69, 9.17) is 4.42 Å². The highest BCUT2D eigenvalue weighted by molar-refractivity contribution is 5.93. The van der Waals surface area contributed by atoms with Crippen molar-refractivity contribution in [2.24, 2.45) is 0 Å². The molecular weight excluding hydrogens is 395 g/mol. The normalized spacial score (nSPS) is 11.0. The van der Waals surface area contributed by atoms with Crippen molar-refractivity contribution in [2.45, 2.75) is 6.42 Å². The van der Waals surface area contributed by atoms with Crippen LogP contribution in [0.25, 0.3) is 33.8 Å². The third kappa shape index (κ3) is 3.93. The molecule has 2 N–H and O–H groups in total. The van der Waals surface area contributed by atoms with Gasteiger partial charge in [-0.15, -0.1) is 0 Å². The zero-order chi connectivity index (χ0) is 21.2. The number of hydrogen-bond donors (Lipinski definition) is 2. The number of nitrogens with one attached hydrogen (secondary N) is 2. The number of carbonyl (C=O) groups is 1. The third-order valence-corrected chi connectivity index (χ3v) is 4.85. The Morgan fingerprint density at radius 1 is 1.03 bits per heavy atom. The molecule has 0 aliphatic carbocycles. The van der Waals surface area contributed by atoms with E-state index in [1.54, 1.807) is 24.4 Å². The minimum atomic E-state index is -0.363. The lowest BCUT2D eigenvalue weighted by Crippen LogP contribution is -2.14. The number of fused-ring (bicyclic) bond motifs is 1. The van der Waals surface area contributed by atoms with E-state index < -0.39 is 0 Å². The lowest BCUT2D eigenvalue weighted by molar-refractivity contribution is -0.115. The van der Waals surface area contributed by atoms with Gasteiger partial charge in [-0.05, 0) is 42.0 Å². The molecule has 2 aromatic heterocycles. The molecule has 0 saturated carbocycles. The number of halogens is 1. The lowest BCUT2D eigenvalue weighted by Gasteiger charge is -2.08. The fraction of sp³-hybridized carbons (Fsp3) is 0.0417. The second-order valence-corrected chi connectivity index (χ2v) is 7.08. The van der Waals surface area contributed by atoms with Crippen molar-refractivity contribution in [1.82, 2.24) is 15.2 Å². The molecule has 5 rings (SSSR count). The van der Waals surface area contributed by atoms with Crippen LogP contribution in [0.4, 0.5) is 10.1 Å². The van der Waals surface area contributed by atoms with Gasteiger partial charge in [0.2, 0.25) is 11.8 Å². The van der Waals surface area contributed by atoms with Crippen LogP contribution in [0, 0.1) is 5.82 Å². The lowest BCUT2D eigenvalue weighted by atomic mass is 10.1. The Balaban J connectivity index is 1.40. The summed E-state index contributed by atoms with van der Waals surface area (Å²) in [7, 11) is 0. The van der Waals surface area contributed by atoms with Gasteiger partial charge >= 0.3 is 0 Å². The van der Waals surface area contributed by atoms with Gasteiger partial charge < -0.3 is 9.73 Å². The highest BCUT2D eigenvalue weighted by Crippen LogP contribution is 2.32. The van der Waals surface area contributed by atoms with E-state index in [0.29, 0.717) is 22.7 Å². The number of H-pyrrole nitrogens is 1. The summed E-state index contributed by atoms with van der Waals surface area (Å²) >= 11 is 0. The fourth-order valence-electron chi connectivity index (χ4n) is 3.45. The van der Waals surface area contributed by atoms with Gasteiger partial charge in [-0.25, -0.2) is 9.37 Å². The van der Waals surface area contributed by atoms with Gasteiger partial charge in [-0.2, -0.15) is 5.10 Å². The van der Waals surface area contributed by atoms with E-state index in [2.05, 4.69) is 20.5 Å². The molecule has 31 heavy (non-hydrogen) atoms. The van der Waals surface area contributed by atoms with Gasteiger partial charge in [-0.1, -0.05) is 36.4 Å². The van der Waals surface area contributed by atoms with Gasteiger partial charge in [0.1, 0.15) is 11.3 Å². The summed E-state index contributed by atoms with van der Waals surface area (Å²) in [5.74, 6) is -0.129. The van der Waals surface area contributed by atoms with Crippen molar-refractivity contribution in [1.29, 1.82) is 0 Å². The zero-order valence-electron chi connectivity index (χ0n) is 16.3. The summed E-state index contributed by atoms with van der Waals surface area (Å²) in [6.45, 7) is 0. The van der Waals surface area contributed by atoms with Gasteiger partial charge in [0.05, 0.1) is 23.9 Å². The number of carbonyl (C=O) groups excluding carboxylic acids is 1. The smallest absolute Gasteiger partial charge is 0.231 e. The van der Waals surface area contributed by atoms with Crippen molar-refractivity contribution < 1.29 is 13.6 Å². The van der Waals surface area contributed by atoms with Crippen LogP contribution >= 0.6 is 0 Å². The highest BCUT2D eigenvalue weighted by atomic mass is 19.1. The monoisotopic (exact) mass is 412 g/mol. The molecule has 3 aromatic carbocycles. The highest BCUT2D eigenvalue weighted by Gasteiger charge is 2.16. The first kappa shape index (κ1) is 18.7. The molecule has 0 saturated heterocycles. The number of aromatic amines is 1. The number of hydrogen-bond acceptors (Lipinski definition) is 4. The maximum absolute atomic E-state index is 13.3. The van der Waals surface area contributed by atoms with Gasteiger partial charge in [0.15, 0.2) is 5.58 Å². The molecule has 0 fully saturated rings. The number of para-hydroxylation sites is 2. The number of aromatic nitrogens is 3. The molecule has 0 spiro atoms. The molecule has 0 aliphatic rings. The number of amides is 1. The first-order valence-corrected chi connectivity index (χ1v) is 9.70. The number of nitrogens with zero attached hydrogens (tertiary/aromatic N) is 2. The van der Waals surface area contributed by atoms with Crippen molar-refractivity contribution in [2.75, 3.05) is 5.32 Å². The standard InChI is InChI=1S/C24H17FN4O2/c25-17-7-3-5-15(11-17)12-22(30)27-18-8-4-6-16(13-18)23-19(14-26-29-23)24-28-20-9-1-2-10-21(20)31-24/h1-11,13-14H,12H2,(H,26,29)(H,27,30). The second kappa shape index (κ2) is 7.87. The average Bonchev–Trinajstić information content (AvgIpc) is 3.41. The zero-order valence-corrected chi connectivity index (χ0v) is 16.3. The summed E-state index contributed by atoms with van der Waals surface area (Å²) in [6, 6.07) is 20.9. The van der Waals surface area contributed by atoms with Crippen LogP contribution < -0.4 is 5.32 Å². The van der Waals surface area contributed by atoms with Crippen molar-refractivity contribution in [3.05, 3.63) is 90.4 Å². The minimum absolute atomic E-state index is 0.0835. The summed E-state index contributed by atoms with van der Waals surface area (Å²) in [4.78, 5) is 16.9. The molecule has 2 heterocycles. The molecule has 7 heteroatoms. The van der Waals surface area contributed by atoms with E-state index in [1.165, 1.54) is 12.1 Å². The summed E-state index contributed by atoms with van der Waals surface area (Å²) in [5.41, 5.74) is 4.97. The summed E-state index contributed by atoms with van der Waals surface area (Å²) in [6.07, 6.45) is 1.75. The molecule has 0 radical (unpaired) electrons. The Bertz CT molecular complexity index is 1360. The van der Waals surface area contributed by atoms with E-state index >= 15 is 0 Å². The number of oxazole rings is 1. The maximum Gasteiger partial charge on any atom is 0.231 e. The van der Waals surface area contributed by atoms with Crippen LogP contribution in [0.3, 0.4) is 0 Å². The Labute approximate surface area is 176 Å². The van der Waals surface area contributed by atoms with Gasteiger partial charge in [0, 0.05) is 11.3 Å². The molecule has 0 atom stereocenters. The molecule has 1 amide bonds. The van der Waals surface area contributed by atoms with E-state index in [-0.39, 0.29) is 18.1 Å².